The number of fused-ring (bicyclic) bond motifs is 3. The van der Waals surface area contributed by atoms with E-state index >= 15 is 0 Å². The Labute approximate surface area is 194 Å². The van der Waals surface area contributed by atoms with Gasteiger partial charge in [-0.05, 0) is 30.7 Å². The van der Waals surface area contributed by atoms with Gasteiger partial charge in [0, 0.05) is 30.7 Å². The Hall–Kier alpha value is -3.99. The summed E-state index contributed by atoms with van der Waals surface area (Å²) in [6, 6.07) is 8.25. The van der Waals surface area contributed by atoms with E-state index in [0.29, 0.717) is 41.1 Å². The number of carbonyl (C=O) groups excluding carboxylic acids is 1. The number of imidazole rings is 2. The standard InChI is InChI=1S/C23H21N7O3S/c1-2-18(31)29-11-8-14(13-29)30-19-16-12-17(34(32,33)15-6-4-3-5-7-15)26-20(16)27-21(19)28-23(30)22-24-9-10-25-22/h2-7,9-10,12,14,17H,1,8,11,13H2,(H,24,25)(H,26,27)/t14-,17?/m1/s1. The molecular weight excluding hydrogens is 454 g/mol. The average molecular weight is 476 g/mol. The van der Waals surface area contributed by atoms with Crippen molar-refractivity contribution >= 4 is 33.0 Å². The van der Waals surface area contributed by atoms with Gasteiger partial charge in [0.2, 0.25) is 15.7 Å². The SMILES string of the molecule is C=CC(=O)N1CC[C@@H](n2c(-c3ncc[nH]3)nc3[nH]c4c(c32)=CC(S(=O)(=O)c2ccccc2)N=4)C1. The van der Waals surface area contributed by atoms with Crippen LogP contribution < -0.4 is 10.7 Å². The third kappa shape index (κ3) is 3.04. The molecule has 0 radical (unpaired) electrons. The molecule has 0 saturated carbocycles. The van der Waals surface area contributed by atoms with Crippen LogP contribution >= 0.6 is 0 Å². The predicted molar refractivity (Wildman–Crippen MR) is 125 cm³/mol. The van der Waals surface area contributed by atoms with Crippen molar-refractivity contribution in [2.75, 3.05) is 13.1 Å². The highest BCUT2D eigenvalue weighted by Crippen LogP contribution is 2.30. The third-order valence-electron chi connectivity index (χ3n) is 6.34. The predicted octanol–water partition coefficient (Wildman–Crippen LogP) is 0.928. The molecule has 1 unspecified atom stereocenters. The lowest BCUT2D eigenvalue weighted by Gasteiger charge is -2.17. The van der Waals surface area contributed by atoms with Gasteiger partial charge in [-0.3, -0.25) is 4.79 Å². The molecule has 1 fully saturated rings. The molecule has 4 aromatic rings. The second-order valence-electron chi connectivity index (χ2n) is 8.30. The number of hydrogen-bond donors (Lipinski definition) is 2. The van der Waals surface area contributed by atoms with Gasteiger partial charge < -0.3 is 19.4 Å². The normalized spacial score (nSPS) is 19.7. The molecule has 1 aromatic carbocycles. The number of likely N-dealkylation sites (tertiary alicyclic amines) is 1. The summed E-state index contributed by atoms with van der Waals surface area (Å²) in [5.74, 6) is 1.10. The Balaban J connectivity index is 1.51. The minimum atomic E-state index is -3.69. The Kier molecular flexibility index (Phi) is 4.56. The van der Waals surface area contributed by atoms with Gasteiger partial charge in [-0.1, -0.05) is 24.8 Å². The van der Waals surface area contributed by atoms with E-state index in [-0.39, 0.29) is 16.8 Å². The van der Waals surface area contributed by atoms with Gasteiger partial charge in [-0.25, -0.2) is 23.4 Å². The minimum Gasteiger partial charge on any atom is -0.342 e. The van der Waals surface area contributed by atoms with Crippen LogP contribution in [-0.2, 0) is 14.6 Å². The lowest BCUT2D eigenvalue weighted by molar-refractivity contribution is -0.125. The Bertz CT molecular complexity index is 1650. The summed E-state index contributed by atoms with van der Waals surface area (Å²) in [5, 5.41) is -0.336. The van der Waals surface area contributed by atoms with E-state index in [9.17, 15) is 13.2 Å². The summed E-state index contributed by atoms with van der Waals surface area (Å²) < 4.78 is 28.4. The van der Waals surface area contributed by atoms with E-state index < -0.39 is 15.2 Å². The van der Waals surface area contributed by atoms with E-state index in [1.165, 1.54) is 6.08 Å². The van der Waals surface area contributed by atoms with Crippen LogP contribution in [0.4, 0.5) is 0 Å². The fraction of sp³-hybridized carbons (Fsp3) is 0.217. The fourth-order valence-electron chi connectivity index (χ4n) is 4.74. The lowest BCUT2D eigenvalue weighted by Crippen LogP contribution is -2.28. The molecule has 6 rings (SSSR count). The number of rotatable bonds is 5. The van der Waals surface area contributed by atoms with Crippen molar-refractivity contribution < 1.29 is 13.2 Å². The van der Waals surface area contributed by atoms with Gasteiger partial charge in [-0.2, -0.15) is 0 Å². The molecule has 34 heavy (non-hydrogen) atoms. The lowest BCUT2D eigenvalue weighted by atomic mass is 10.2. The maximum atomic E-state index is 13.2. The number of nitrogens with zero attached hydrogens (tertiary/aromatic N) is 5. The largest absolute Gasteiger partial charge is 0.342 e. The van der Waals surface area contributed by atoms with Crippen molar-refractivity contribution in [3.05, 3.63) is 66.1 Å². The molecule has 3 aromatic heterocycles. The van der Waals surface area contributed by atoms with Crippen molar-refractivity contribution in [1.29, 1.82) is 0 Å². The van der Waals surface area contributed by atoms with Crippen LogP contribution in [0.3, 0.4) is 0 Å². The first-order valence-corrected chi connectivity index (χ1v) is 12.4. The maximum absolute atomic E-state index is 13.2. The molecule has 1 amide bonds. The molecular formula is C23H21N7O3S. The Morgan fingerprint density at radius 3 is 2.79 bits per heavy atom. The third-order valence-corrected chi connectivity index (χ3v) is 8.14. The summed E-state index contributed by atoms with van der Waals surface area (Å²) in [4.78, 5) is 34.1. The molecule has 1 saturated heterocycles. The summed E-state index contributed by atoms with van der Waals surface area (Å²) >= 11 is 0. The summed E-state index contributed by atoms with van der Waals surface area (Å²) in [6.07, 6.45) is 7.08. The van der Waals surface area contributed by atoms with Crippen LogP contribution in [0.2, 0.25) is 0 Å². The van der Waals surface area contributed by atoms with Crippen molar-refractivity contribution in [1.82, 2.24) is 29.4 Å². The first-order valence-electron chi connectivity index (χ1n) is 10.9. The van der Waals surface area contributed by atoms with E-state index in [1.54, 1.807) is 53.7 Å². The van der Waals surface area contributed by atoms with E-state index in [0.717, 1.165) is 11.9 Å². The highest BCUT2D eigenvalue weighted by atomic mass is 32.2. The number of hydrogen-bond acceptors (Lipinski definition) is 6. The quantitative estimate of drug-likeness (QED) is 0.415. The van der Waals surface area contributed by atoms with Crippen molar-refractivity contribution in [3.63, 3.8) is 0 Å². The first-order chi connectivity index (χ1) is 16.5. The number of amides is 1. The highest BCUT2D eigenvalue weighted by molar-refractivity contribution is 7.92. The summed E-state index contributed by atoms with van der Waals surface area (Å²) in [6.45, 7) is 4.68. The molecule has 2 N–H and O–H groups in total. The highest BCUT2D eigenvalue weighted by Gasteiger charge is 2.33. The number of H-pyrrole nitrogens is 2. The zero-order valence-corrected chi connectivity index (χ0v) is 18.9. The Morgan fingerprint density at radius 1 is 1.24 bits per heavy atom. The molecule has 2 aliphatic heterocycles. The molecule has 0 spiro atoms. The van der Waals surface area contributed by atoms with Gasteiger partial charge in [0.1, 0.15) is 5.49 Å². The van der Waals surface area contributed by atoms with Crippen LogP contribution in [0, 0.1) is 0 Å². The van der Waals surface area contributed by atoms with Gasteiger partial charge in [0.05, 0.1) is 16.5 Å². The van der Waals surface area contributed by atoms with Crippen LogP contribution in [-0.4, -0.2) is 62.2 Å². The second-order valence-corrected chi connectivity index (χ2v) is 10.3. The van der Waals surface area contributed by atoms with E-state index in [2.05, 4.69) is 26.5 Å². The monoisotopic (exact) mass is 475 g/mol. The van der Waals surface area contributed by atoms with Gasteiger partial charge >= 0.3 is 0 Å². The first kappa shape index (κ1) is 20.6. The minimum absolute atomic E-state index is 0.0629. The molecule has 172 valence electrons. The van der Waals surface area contributed by atoms with Crippen LogP contribution in [0.25, 0.3) is 28.9 Å². The maximum Gasteiger partial charge on any atom is 0.246 e. The molecule has 0 aliphatic carbocycles. The average Bonchev–Trinajstić information content (AvgIpc) is 3.65. The molecule has 11 heteroatoms. The van der Waals surface area contributed by atoms with Crippen molar-refractivity contribution in [3.8, 4) is 11.6 Å². The van der Waals surface area contributed by atoms with Crippen LogP contribution in [0.15, 0.2) is 65.3 Å². The van der Waals surface area contributed by atoms with Gasteiger partial charge in [0.15, 0.2) is 22.7 Å². The second kappa shape index (κ2) is 7.52. The molecule has 5 heterocycles. The van der Waals surface area contributed by atoms with Crippen LogP contribution in [0.1, 0.15) is 12.5 Å². The smallest absolute Gasteiger partial charge is 0.246 e. The molecule has 0 bridgehead atoms. The Morgan fingerprint density at radius 2 is 2.06 bits per heavy atom. The molecule has 2 aliphatic rings. The fourth-order valence-corrected chi connectivity index (χ4v) is 6.11. The zero-order valence-electron chi connectivity index (χ0n) is 18.0. The zero-order chi connectivity index (χ0) is 23.4. The number of carbonyl (C=O) groups is 1. The molecule has 10 nitrogen and oxygen atoms in total. The topological polar surface area (TPSA) is 129 Å². The van der Waals surface area contributed by atoms with E-state index in [4.69, 9.17) is 4.98 Å². The number of benzene rings is 1. The van der Waals surface area contributed by atoms with Gasteiger partial charge in [-0.15, -0.1) is 0 Å². The molecule has 2 atom stereocenters. The summed E-state index contributed by atoms with van der Waals surface area (Å²) in [5.41, 5.74) is 1.84. The number of aromatic amines is 2. The van der Waals surface area contributed by atoms with E-state index in [1.807, 2.05) is 4.57 Å². The summed E-state index contributed by atoms with van der Waals surface area (Å²) in [7, 11) is -3.69. The van der Waals surface area contributed by atoms with Crippen LogP contribution in [0.5, 0.6) is 0 Å². The number of sulfone groups is 1. The number of aromatic nitrogens is 5. The number of nitrogens with one attached hydrogen (secondary N) is 2. The van der Waals surface area contributed by atoms with Gasteiger partial charge in [0.25, 0.3) is 0 Å². The van der Waals surface area contributed by atoms with Crippen molar-refractivity contribution in [2.45, 2.75) is 22.7 Å². The van der Waals surface area contributed by atoms with Crippen molar-refractivity contribution in [2.24, 2.45) is 4.99 Å².